The third-order valence-corrected chi connectivity index (χ3v) is 4.36. The van der Waals surface area contributed by atoms with Crippen LogP contribution in [-0.2, 0) is 4.79 Å². The second kappa shape index (κ2) is 3.48. The molecule has 1 aliphatic carbocycles. The van der Waals surface area contributed by atoms with Gasteiger partial charge in [-0.2, -0.15) is 0 Å². The number of rotatable bonds is 4. The Labute approximate surface area is 92.2 Å². The van der Waals surface area contributed by atoms with E-state index in [9.17, 15) is 4.79 Å². The Morgan fingerprint density at radius 2 is 2.00 bits per heavy atom. The van der Waals surface area contributed by atoms with E-state index in [4.69, 9.17) is 0 Å². The first-order valence-electron chi connectivity index (χ1n) is 6.10. The lowest BCUT2D eigenvalue weighted by Gasteiger charge is -2.24. The van der Waals surface area contributed by atoms with Crippen molar-refractivity contribution in [1.29, 1.82) is 0 Å². The molecular weight excluding hydrogens is 188 g/mol. The molecule has 0 spiro atoms. The largest absolute Gasteiger partial charge is 0.328 e. The predicted molar refractivity (Wildman–Crippen MR) is 60.4 cm³/mol. The van der Waals surface area contributed by atoms with Crippen LogP contribution in [0.15, 0.2) is 0 Å². The molecule has 1 saturated carbocycles. The van der Waals surface area contributed by atoms with E-state index in [1.54, 1.807) is 0 Å². The van der Waals surface area contributed by atoms with Gasteiger partial charge in [0, 0.05) is 6.54 Å². The van der Waals surface area contributed by atoms with Crippen LogP contribution in [0.2, 0.25) is 0 Å². The Morgan fingerprint density at radius 3 is 2.40 bits per heavy atom. The van der Waals surface area contributed by atoms with Crippen molar-refractivity contribution in [2.75, 3.05) is 13.2 Å². The zero-order valence-corrected chi connectivity index (χ0v) is 10.1. The Balaban J connectivity index is 1.99. The lowest BCUT2D eigenvalue weighted by Crippen LogP contribution is -2.43. The van der Waals surface area contributed by atoms with Crippen molar-refractivity contribution in [1.82, 2.24) is 10.2 Å². The summed E-state index contributed by atoms with van der Waals surface area (Å²) in [7, 11) is 0. The summed E-state index contributed by atoms with van der Waals surface area (Å²) in [6.45, 7) is 8.03. The fraction of sp³-hybridized carbons (Fsp3) is 0.917. The third kappa shape index (κ3) is 1.78. The van der Waals surface area contributed by atoms with Gasteiger partial charge in [-0.3, -0.25) is 10.1 Å². The minimum atomic E-state index is -0.302. The number of nitrogens with one attached hydrogen (secondary N) is 1. The zero-order valence-electron chi connectivity index (χ0n) is 10.1. The van der Waals surface area contributed by atoms with Gasteiger partial charge in [0.05, 0.1) is 12.2 Å². The summed E-state index contributed by atoms with van der Waals surface area (Å²) in [5.41, 5.74) is 0.167. The molecule has 3 nitrogen and oxygen atoms in total. The molecule has 0 aromatic rings. The summed E-state index contributed by atoms with van der Waals surface area (Å²) in [6, 6.07) is 0. The molecule has 0 bridgehead atoms. The Hall–Kier alpha value is -0.570. The van der Waals surface area contributed by atoms with E-state index in [1.807, 2.05) is 11.8 Å². The van der Waals surface area contributed by atoms with Gasteiger partial charge in [-0.05, 0) is 38.0 Å². The fourth-order valence-electron chi connectivity index (χ4n) is 2.38. The Morgan fingerprint density at radius 1 is 1.33 bits per heavy atom. The standard InChI is InChI=1S/C12H22N2O/c1-4-11(3)10(15)14(9-13-11)8-12(5-2)6-7-12/h13H,4-9H2,1-3H3. The monoisotopic (exact) mass is 210 g/mol. The average molecular weight is 210 g/mol. The molecule has 2 aliphatic rings. The lowest BCUT2D eigenvalue weighted by molar-refractivity contribution is -0.132. The number of hydrogen-bond donors (Lipinski definition) is 1. The van der Waals surface area contributed by atoms with Gasteiger partial charge in [-0.25, -0.2) is 0 Å². The van der Waals surface area contributed by atoms with Crippen LogP contribution in [-0.4, -0.2) is 29.6 Å². The first kappa shape index (κ1) is 10.9. The number of carbonyl (C=O) groups excluding carboxylic acids is 1. The fourth-order valence-corrected chi connectivity index (χ4v) is 2.38. The van der Waals surface area contributed by atoms with Crippen LogP contribution < -0.4 is 5.32 Å². The van der Waals surface area contributed by atoms with Crippen molar-refractivity contribution in [3.05, 3.63) is 0 Å². The smallest absolute Gasteiger partial charge is 0.243 e. The molecule has 1 N–H and O–H groups in total. The van der Waals surface area contributed by atoms with E-state index in [0.29, 0.717) is 11.3 Å². The van der Waals surface area contributed by atoms with Crippen molar-refractivity contribution in [2.45, 2.75) is 52.0 Å². The third-order valence-electron chi connectivity index (χ3n) is 4.36. The minimum Gasteiger partial charge on any atom is -0.328 e. The second-order valence-corrected chi connectivity index (χ2v) is 5.38. The topological polar surface area (TPSA) is 32.3 Å². The maximum Gasteiger partial charge on any atom is 0.243 e. The predicted octanol–water partition coefficient (Wildman–Crippen LogP) is 1.73. The molecule has 2 fully saturated rings. The summed E-state index contributed by atoms with van der Waals surface area (Å²) in [6.07, 6.45) is 4.69. The highest BCUT2D eigenvalue weighted by Crippen LogP contribution is 2.49. The van der Waals surface area contributed by atoms with Crippen molar-refractivity contribution < 1.29 is 4.79 Å². The molecule has 1 unspecified atom stereocenters. The number of nitrogens with zero attached hydrogens (tertiary/aromatic N) is 1. The summed E-state index contributed by atoms with van der Waals surface area (Å²) in [5.74, 6) is 0.296. The van der Waals surface area contributed by atoms with Crippen LogP contribution >= 0.6 is 0 Å². The van der Waals surface area contributed by atoms with Gasteiger partial charge in [0.15, 0.2) is 0 Å². The van der Waals surface area contributed by atoms with Crippen LogP contribution in [0.4, 0.5) is 0 Å². The highest BCUT2D eigenvalue weighted by Gasteiger charge is 2.47. The van der Waals surface area contributed by atoms with E-state index in [1.165, 1.54) is 19.3 Å². The normalized spacial score (nSPS) is 33.5. The first-order valence-corrected chi connectivity index (χ1v) is 6.10. The molecule has 1 saturated heterocycles. The number of amides is 1. The molecule has 0 radical (unpaired) electrons. The highest BCUT2D eigenvalue weighted by atomic mass is 16.2. The van der Waals surface area contributed by atoms with Crippen molar-refractivity contribution in [3.63, 3.8) is 0 Å². The molecule has 0 aromatic heterocycles. The summed E-state index contributed by atoms with van der Waals surface area (Å²) in [5, 5.41) is 3.33. The maximum absolute atomic E-state index is 12.1. The van der Waals surface area contributed by atoms with Gasteiger partial charge in [0.1, 0.15) is 0 Å². The summed E-state index contributed by atoms with van der Waals surface area (Å²) >= 11 is 0. The maximum atomic E-state index is 12.1. The SMILES string of the molecule is CCC1(CN2CNC(C)(CC)C2=O)CC1. The Kier molecular flexibility index (Phi) is 2.53. The molecular formula is C12H22N2O. The molecule has 3 heteroatoms. The molecule has 86 valence electrons. The van der Waals surface area contributed by atoms with Gasteiger partial charge in [-0.15, -0.1) is 0 Å². The zero-order chi connectivity index (χ0) is 11.1. The molecule has 1 heterocycles. The van der Waals surface area contributed by atoms with Crippen molar-refractivity contribution in [2.24, 2.45) is 5.41 Å². The second-order valence-electron chi connectivity index (χ2n) is 5.38. The van der Waals surface area contributed by atoms with Crippen LogP contribution in [0.1, 0.15) is 46.5 Å². The van der Waals surface area contributed by atoms with Crippen LogP contribution in [0.3, 0.4) is 0 Å². The van der Waals surface area contributed by atoms with Gasteiger partial charge in [0.2, 0.25) is 5.91 Å². The van der Waals surface area contributed by atoms with Gasteiger partial charge >= 0.3 is 0 Å². The van der Waals surface area contributed by atoms with Gasteiger partial charge in [0.25, 0.3) is 0 Å². The van der Waals surface area contributed by atoms with E-state index in [0.717, 1.165) is 19.6 Å². The average Bonchev–Trinajstić information content (AvgIpc) is 2.97. The number of carbonyl (C=O) groups is 1. The van der Waals surface area contributed by atoms with Crippen LogP contribution in [0.25, 0.3) is 0 Å². The van der Waals surface area contributed by atoms with Crippen molar-refractivity contribution >= 4 is 5.91 Å². The summed E-state index contributed by atoms with van der Waals surface area (Å²) in [4.78, 5) is 14.2. The van der Waals surface area contributed by atoms with Crippen molar-refractivity contribution in [3.8, 4) is 0 Å². The Bertz CT molecular complexity index is 273. The van der Waals surface area contributed by atoms with Crippen LogP contribution in [0.5, 0.6) is 0 Å². The van der Waals surface area contributed by atoms with E-state index >= 15 is 0 Å². The van der Waals surface area contributed by atoms with Crippen LogP contribution in [0, 0.1) is 5.41 Å². The molecule has 1 aliphatic heterocycles. The van der Waals surface area contributed by atoms with Gasteiger partial charge in [-0.1, -0.05) is 13.8 Å². The first-order chi connectivity index (χ1) is 7.05. The molecule has 1 amide bonds. The highest BCUT2D eigenvalue weighted by molar-refractivity contribution is 5.87. The van der Waals surface area contributed by atoms with E-state index in [2.05, 4.69) is 19.2 Å². The molecule has 1 atom stereocenters. The minimum absolute atomic E-state index is 0.296. The molecule has 15 heavy (non-hydrogen) atoms. The van der Waals surface area contributed by atoms with E-state index < -0.39 is 0 Å². The molecule has 2 rings (SSSR count). The molecule has 0 aromatic carbocycles. The quantitative estimate of drug-likeness (QED) is 0.766. The van der Waals surface area contributed by atoms with Gasteiger partial charge < -0.3 is 4.90 Å². The van der Waals surface area contributed by atoms with E-state index in [-0.39, 0.29) is 5.54 Å². The lowest BCUT2D eigenvalue weighted by atomic mass is 9.98. The summed E-state index contributed by atoms with van der Waals surface area (Å²) < 4.78 is 0. The number of hydrogen-bond acceptors (Lipinski definition) is 2.